The number of rotatable bonds is 4. The van der Waals surface area contributed by atoms with Crippen molar-refractivity contribution in [1.29, 1.82) is 0 Å². The average molecular weight is 350 g/mol. The Balaban J connectivity index is 2.04. The fraction of sp³-hybridized carbons (Fsp3) is 0.0588. The molecule has 0 saturated carbocycles. The zero-order chi connectivity index (χ0) is 16.8. The van der Waals surface area contributed by atoms with Crippen LogP contribution in [0.2, 0.25) is 10.0 Å². The van der Waals surface area contributed by atoms with Gasteiger partial charge in [0.2, 0.25) is 5.91 Å². The molecule has 0 aliphatic heterocycles. The zero-order valence-electron chi connectivity index (χ0n) is 12.2. The van der Waals surface area contributed by atoms with Gasteiger partial charge in [-0.25, -0.2) is 4.79 Å². The number of hydrogen-bond donors (Lipinski definition) is 1. The third kappa shape index (κ3) is 5.43. The molecule has 0 bridgehead atoms. The molecule has 118 valence electrons. The van der Waals surface area contributed by atoms with E-state index >= 15 is 0 Å². The predicted octanol–water partition coefficient (Wildman–Crippen LogP) is 4.57. The summed E-state index contributed by atoms with van der Waals surface area (Å²) in [6.07, 6.45) is 2.80. The zero-order valence-corrected chi connectivity index (χ0v) is 13.7. The molecule has 2 rings (SSSR count). The standard InChI is InChI=1S/C17H13Cl2NO3/c1-11(21)20-14-3-2-4-15(10-14)23-17(22)8-6-12-5-7-13(18)9-16(12)19/h2-10H,1H3,(H,20,21)/b8-6+. The van der Waals surface area contributed by atoms with Crippen LogP contribution in [0.1, 0.15) is 12.5 Å². The highest BCUT2D eigenvalue weighted by Gasteiger charge is 2.04. The Bertz CT molecular complexity index is 772. The van der Waals surface area contributed by atoms with Gasteiger partial charge in [0, 0.05) is 34.8 Å². The van der Waals surface area contributed by atoms with Crippen molar-refractivity contribution in [3.8, 4) is 5.75 Å². The molecule has 0 atom stereocenters. The summed E-state index contributed by atoms with van der Waals surface area (Å²) in [4.78, 5) is 22.8. The molecule has 0 unspecified atom stereocenters. The Morgan fingerprint density at radius 1 is 1.13 bits per heavy atom. The maximum Gasteiger partial charge on any atom is 0.336 e. The maximum absolute atomic E-state index is 11.8. The number of halogens is 2. The van der Waals surface area contributed by atoms with Crippen LogP contribution in [0.4, 0.5) is 5.69 Å². The van der Waals surface area contributed by atoms with E-state index in [2.05, 4.69) is 5.32 Å². The first-order chi connectivity index (χ1) is 10.9. The Hall–Kier alpha value is -2.30. The molecule has 6 heteroatoms. The van der Waals surface area contributed by atoms with Gasteiger partial charge in [-0.2, -0.15) is 0 Å². The number of hydrogen-bond acceptors (Lipinski definition) is 3. The summed E-state index contributed by atoms with van der Waals surface area (Å²) in [7, 11) is 0. The fourth-order valence-corrected chi connectivity index (χ4v) is 2.26. The lowest BCUT2D eigenvalue weighted by molar-refractivity contribution is -0.128. The molecule has 0 spiro atoms. The van der Waals surface area contributed by atoms with E-state index in [0.29, 0.717) is 27.0 Å². The second-order valence-electron chi connectivity index (χ2n) is 4.63. The second-order valence-corrected chi connectivity index (χ2v) is 5.47. The van der Waals surface area contributed by atoms with Gasteiger partial charge in [0.25, 0.3) is 0 Å². The van der Waals surface area contributed by atoms with Crippen molar-refractivity contribution in [2.24, 2.45) is 0 Å². The quantitative estimate of drug-likeness (QED) is 0.499. The van der Waals surface area contributed by atoms with E-state index in [1.807, 2.05) is 0 Å². The van der Waals surface area contributed by atoms with E-state index in [0.717, 1.165) is 0 Å². The number of ether oxygens (including phenoxy) is 1. The van der Waals surface area contributed by atoms with E-state index in [1.165, 1.54) is 13.0 Å². The van der Waals surface area contributed by atoms with Crippen molar-refractivity contribution in [2.75, 3.05) is 5.32 Å². The molecule has 0 aliphatic rings. The normalized spacial score (nSPS) is 10.6. The van der Waals surface area contributed by atoms with Gasteiger partial charge in [-0.1, -0.05) is 35.3 Å². The smallest absolute Gasteiger partial charge is 0.336 e. The second kappa shape index (κ2) is 7.81. The molecular weight excluding hydrogens is 337 g/mol. The fourth-order valence-electron chi connectivity index (χ4n) is 1.79. The van der Waals surface area contributed by atoms with E-state index in [4.69, 9.17) is 27.9 Å². The SMILES string of the molecule is CC(=O)Nc1cccc(OC(=O)/C=C/c2ccc(Cl)cc2Cl)c1. The van der Waals surface area contributed by atoms with E-state index < -0.39 is 5.97 Å². The van der Waals surface area contributed by atoms with Gasteiger partial charge >= 0.3 is 5.97 Å². The van der Waals surface area contributed by atoms with E-state index in [-0.39, 0.29) is 5.91 Å². The summed E-state index contributed by atoms with van der Waals surface area (Å²) in [5, 5.41) is 3.57. The van der Waals surface area contributed by atoms with Crippen LogP contribution in [0.3, 0.4) is 0 Å². The molecule has 2 aromatic carbocycles. The van der Waals surface area contributed by atoms with Crippen LogP contribution in [0, 0.1) is 0 Å². The van der Waals surface area contributed by atoms with Gasteiger partial charge in [0.1, 0.15) is 5.75 Å². The van der Waals surface area contributed by atoms with Crippen LogP contribution in [0.25, 0.3) is 6.08 Å². The van der Waals surface area contributed by atoms with Crippen molar-refractivity contribution in [2.45, 2.75) is 6.92 Å². The number of carbonyl (C=O) groups excluding carboxylic acids is 2. The first kappa shape index (κ1) is 17.1. The van der Waals surface area contributed by atoms with Crippen LogP contribution >= 0.6 is 23.2 Å². The lowest BCUT2D eigenvalue weighted by Gasteiger charge is -2.05. The molecule has 4 nitrogen and oxygen atoms in total. The summed E-state index contributed by atoms with van der Waals surface area (Å²) in [5.41, 5.74) is 1.20. The van der Waals surface area contributed by atoms with Crippen LogP contribution < -0.4 is 10.1 Å². The number of carbonyl (C=O) groups is 2. The third-order valence-corrected chi connectivity index (χ3v) is 3.30. The molecule has 0 saturated heterocycles. The number of esters is 1. The first-order valence-corrected chi connectivity index (χ1v) is 7.42. The van der Waals surface area contributed by atoms with Gasteiger partial charge in [-0.3, -0.25) is 4.79 Å². The highest BCUT2D eigenvalue weighted by molar-refractivity contribution is 6.35. The minimum atomic E-state index is -0.559. The van der Waals surface area contributed by atoms with Crippen LogP contribution in [-0.4, -0.2) is 11.9 Å². The summed E-state index contributed by atoms with van der Waals surface area (Å²) >= 11 is 11.8. The van der Waals surface area contributed by atoms with Gasteiger partial charge in [0.15, 0.2) is 0 Å². The molecule has 23 heavy (non-hydrogen) atoms. The Kier molecular flexibility index (Phi) is 5.79. The van der Waals surface area contributed by atoms with Gasteiger partial charge < -0.3 is 10.1 Å². The Morgan fingerprint density at radius 3 is 2.61 bits per heavy atom. The molecule has 0 aliphatic carbocycles. The molecule has 0 heterocycles. The van der Waals surface area contributed by atoms with Gasteiger partial charge in [0.05, 0.1) is 0 Å². The van der Waals surface area contributed by atoms with Crippen LogP contribution in [0.5, 0.6) is 5.75 Å². The Morgan fingerprint density at radius 2 is 1.91 bits per heavy atom. The molecule has 0 fully saturated rings. The molecule has 2 aromatic rings. The van der Waals surface area contributed by atoms with Crippen molar-refractivity contribution in [3.05, 3.63) is 64.1 Å². The van der Waals surface area contributed by atoms with Crippen LogP contribution in [-0.2, 0) is 9.59 Å². The van der Waals surface area contributed by atoms with E-state index in [1.54, 1.807) is 48.5 Å². The molecule has 1 amide bonds. The summed E-state index contributed by atoms with van der Waals surface area (Å²) in [6, 6.07) is 11.5. The first-order valence-electron chi connectivity index (χ1n) is 6.66. The molecule has 0 radical (unpaired) electrons. The molecular formula is C17H13Cl2NO3. The van der Waals surface area contributed by atoms with Gasteiger partial charge in [-0.15, -0.1) is 0 Å². The Labute approximate surface area is 143 Å². The van der Waals surface area contributed by atoms with Crippen molar-refractivity contribution < 1.29 is 14.3 Å². The van der Waals surface area contributed by atoms with Gasteiger partial charge in [-0.05, 0) is 35.9 Å². The summed E-state index contributed by atoms with van der Waals surface area (Å²) in [5.74, 6) is -0.435. The summed E-state index contributed by atoms with van der Waals surface area (Å²) in [6.45, 7) is 1.40. The van der Waals surface area contributed by atoms with E-state index in [9.17, 15) is 9.59 Å². The molecule has 0 aromatic heterocycles. The van der Waals surface area contributed by atoms with Crippen LogP contribution in [0.15, 0.2) is 48.5 Å². The minimum absolute atomic E-state index is 0.203. The van der Waals surface area contributed by atoms with Crippen molar-refractivity contribution in [1.82, 2.24) is 0 Å². The maximum atomic E-state index is 11.8. The molecule has 1 N–H and O–H groups in total. The number of amides is 1. The minimum Gasteiger partial charge on any atom is -0.423 e. The predicted molar refractivity (Wildman–Crippen MR) is 91.9 cm³/mol. The topological polar surface area (TPSA) is 55.4 Å². The monoisotopic (exact) mass is 349 g/mol. The summed E-state index contributed by atoms with van der Waals surface area (Å²) < 4.78 is 5.18. The lowest BCUT2D eigenvalue weighted by atomic mass is 10.2. The highest BCUT2D eigenvalue weighted by Crippen LogP contribution is 2.22. The van der Waals surface area contributed by atoms with Crippen molar-refractivity contribution in [3.63, 3.8) is 0 Å². The van der Waals surface area contributed by atoms with Crippen molar-refractivity contribution >= 4 is 46.8 Å². The third-order valence-electron chi connectivity index (χ3n) is 2.73. The number of benzene rings is 2. The highest BCUT2D eigenvalue weighted by atomic mass is 35.5. The average Bonchev–Trinajstić information content (AvgIpc) is 2.46. The number of anilines is 1. The lowest BCUT2D eigenvalue weighted by Crippen LogP contribution is -2.07. The largest absolute Gasteiger partial charge is 0.423 e. The number of nitrogens with one attached hydrogen (secondary N) is 1.